The van der Waals surface area contributed by atoms with Crippen LogP contribution in [0.25, 0.3) is 0 Å². The number of aryl methyl sites for hydroxylation is 1. The first kappa shape index (κ1) is 16.2. The van der Waals surface area contributed by atoms with Crippen LogP contribution in [-0.2, 0) is 6.42 Å². The van der Waals surface area contributed by atoms with E-state index in [1.165, 1.54) is 11.6 Å². The first-order chi connectivity index (χ1) is 10.2. The Morgan fingerprint density at radius 1 is 1.10 bits per heavy atom. The van der Waals surface area contributed by atoms with Crippen molar-refractivity contribution in [1.82, 2.24) is 5.32 Å². The predicted octanol–water partition coefficient (Wildman–Crippen LogP) is 5.26. The molecule has 0 heterocycles. The molecule has 0 saturated carbocycles. The van der Waals surface area contributed by atoms with E-state index in [-0.39, 0.29) is 11.9 Å². The molecule has 2 aromatic rings. The average Bonchev–Trinajstić information content (AvgIpc) is 2.50. The van der Waals surface area contributed by atoms with Gasteiger partial charge in [0.15, 0.2) is 0 Å². The van der Waals surface area contributed by atoms with Gasteiger partial charge in [-0.05, 0) is 58.9 Å². The molecule has 0 spiro atoms. The van der Waals surface area contributed by atoms with Crippen LogP contribution in [0.3, 0.4) is 0 Å². The molecule has 0 aliphatic heterocycles. The third-order valence-electron chi connectivity index (χ3n) is 3.61. The molecule has 0 aliphatic rings. The average molecular weight is 350 g/mol. The van der Waals surface area contributed by atoms with Crippen LogP contribution in [0.1, 0.15) is 36.9 Å². The van der Waals surface area contributed by atoms with E-state index in [0.29, 0.717) is 4.47 Å². The lowest BCUT2D eigenvalue weighted by molar-refractivity contribution is 0.492. The van der Waals surface area contributed by atoms with Gasteiger partial charge in [0.25, 0.3) is 0 Å². The molecular formula is C18H21BrFN. The number of rotatable bonds is 7. The molecule has 0 aliphatic carbocycles. The number of nitrogens with one attached hydrogen (secondary N) is 1. The van der Waals surface area contributed by atoms with E-state index < -0.39 is 0 Å². The topological polar surface area (TPSA) is 12.0 Å². The number of benzene rings is 2. The summed E-state index contributed by atoms with van der Waals surface area (Å²) in [4.78, 5) is 0. The Hall–Kier alpha value is -1.19. The van der Waals surface area contributed by atoms with E-state index in [2.05, 4.69) is 52.4 Å². The molecule has 1 N–H and O–H groups in total. The summed E-state index contributed by atoms with van der Waals surface area (Å²) in [6.07, 6.45) is 3.12. The van der Waals surface area contributed by atoms with Crippen molar-refractivity contribution in [2.75, 3.05) is 6.54 Å². The SMILES string of the molecule is CCNC(CCCc1ccccc1)c1cccc(F)c1Br. The fraction of sp³-hybridized carbons (Fsp3) is 0.333. The standard InChI is InChI=1S/C18H21BrFN/c1-2-21-17(15-11-7-12-16(20)18(15)19)13-6-10-14-8-4-3-5-9-14/h3-5,7-9,11-12,17,21H,2,6,10,13H2,1H3. The summed E-state index contributed by atoms with van der Waals surface area (Å²) in [5.74, 6) is -0.196. The van der Waals surface area contributed by atoms with E-state index >= 15 is 0 Å². The molecule has 21 heavy (non-hydrogen) atoms. The summed E-state index contributed by atoms with van der Waals surface area (Å²) in [5, 5.41) is 3.46. The van der Waals surface area contributed by atoms with Crippen molar-refractivity contribution in [3.63, 3.8) is 0 Å². The van der Waals surface area contributed by atoms with Gasteiger partial charge in [0, 0.05) is 6.04 Å². The largest absolute Gasteiger partial charge is 0.310 e. The summed E-state index contributed by atoms with van der Waals surface area (Å²) in [6, 6.07) is 15.9. The Balaban J connectivity index is 2.00. The second kappa shape index (κ2) is 8.30. The molecule has 0 bridgehead atoms. The maximum atomic E-state index is 13.7. The zero-order valence-corrected chi connectivity index (χ0v) is 13.9. The van der Waals surface area contributed by atoms with Gasteiger partial charge in [-0.3, -0.25) is 0 Å². The van der Waals surface area contributed by atoms with Crippen LogP contribution in [-0.4, -0.2) is 6.54 Å². The molecule has 0 saturated heterocycles. The first-order valence-electron chi connectivity index (χ1n) is 7.43. The van der Waals surface area contributed by atoms with Gasteiger partial charge < -0.3 is 5.32 Å². The Kier molecular flexibility index (Phi) is 6.40. The Morgan fingerprint density at radius 3 is 2.57 bits per heavy atom. The second-order valence-corrected chi connectivity index (χ2v) is 5.92. The van der Waals surface area contributed by atoms with Gasteiger partial charge in [0.05, 0.1) is 4.47 Å². The van der Waals surface area contributed by atoms with Crippen molar-refractivity contribution >= 4 is 15.9 Å². The van der Waals surface area contributed by atoms with Crippen molar-refractivity contribution < 1.29 is 4.39 Å². The molecule has 0 radical (unpaired) electrons. The van der Waals surface area contributed by atoms with E-state index in [1.54, 1.807) is 6.07 Å². The van der Waals surface area contributed by atoms with Gasteiger partial charge in [-0.2, -0.15) is 0 Å². The van der Waals surface area contributed by atoms with Crippen molar-refractivity contribution in [1.29, 1.82) is 0 Å². The Labute approximate surface area is 134 Å². The van der Waals surface area contributed by atoms with Crippen molar-refractivity contribution in [2.24, 2.45) is 0 Å². The van der Waals surface area contributed by atoms with Crippen LogP contribution in [0.15, 0.2) is 53.0 Å². The fourth-order valence-electron chi connectivity index (χ4n) is 2.56. The van der Waals surface area contributed by atoms with Gasteiger partial charge in [-0.25, -0.2) is 4.39 Å². The predicted molar refractivity (Wildman–Crippen MR) is 89.9 cm³/mol. The third kappa shape index (κ3) is 4.65. The van der Waals surface area contributed by atoms with Gasteiger partial charge in [-0.1, -0.05) is 49.4 Å². The molecular weight excluding hydrogens is 329 g/mol. The smallest absolute Gasteiger partial charge is 0.137 e. The minimum Gasteiger partial charge on any atom is -0.310 e. The van der Waals surface area contributed by atoms with E-state index in [1.807, 2.05) is 12.1 Å². The molecule has 1 atom stereocenters. The van der Waals surface area contributed by atoms with Crippen LogP contribution in [0.4, 0.5) is 4.39 Å². The first-order valence-corrected chi connectivity index (χ1v) is 8.23. The van der Waals surface area contributed by atoms with Crippen LogP contribution in [0.5, 0.6) is 0 Å². The molecule has 112 valence electrons. The normalized spacial score (nSPS) is 12.3. The summed E-state index contributed by atoms with van der Waals surface area (Å²) in [5.41, 5.74) is 2.36. The summed E-state index contributed by atoms with van der Waals surface area (Å²) in [6.45, 7) is 2.95. The highest BCUT2D eigenvalue weighted by Crippen LogP contribution is 2.29. The molecule has 2 aromatic carbocycles. The van der Waals surface area contributed by atoms with Crippen molar-refractivity contribution in [3.8, 4) is 0 Å². The van der Waals surface area contributed by atoms with E-state index in [0.717, 1.165) is 31.4 Å². The van der Waals surface area contributed by atoms with Crippen molar-refractivity contribution in [3.05, 3.63) is 69.9 Å². The zero-order chi connectivity index (χ0) is 15.1. The van der Waals surface area contributed by atoms with Gasteiger partial charge in [-0.15, -0.1) is 0 Å². The van der Waals surface area contributed by atoms with E-state index in [4.69, 9.17) is 0 Å². The molecule has 0 amide bonds. The van der Waals surface area contributed by atoms with Crippen LogP contribution < -0.4 is 5.32 Å². The lowest BCUT2D eigenvalue weighted by Gasteiger charge is -2.20. The van der Waals surface area contributed by atoms with E-state index in [9.17, 15) is 4.39 Å². The minimum atomic E-state index is -0.196. The maximum absolute atomic E-state index is 13.7. The van der Waals surface area contributed by atoms with Gasteiger partial charge >= 0.3 is 0 Å². The molecule has 1 unspecified atom stereocenters. The molecule has 3 heteroatoms. The Bertz CT molecular complexity index is 556. The van der Waals surface area contributed by atoms with Gasteiger partial charge in [0.2, 0.25) is 0 Å². The van der Waals surface area contributed by atoms with Crippen LogP contribution in [0, 0.1) is 5.82 Å². The highest BCUT2D eigenvalue weighted by molar-refractivity contribution is 9.10. The summed E-state index contributed by atoms with van der Waals surface area (Å²) in [7, 11) is 0. The second-order valence-electron chi connectivity index (χ2n) is 5.13. The summed E-state index contributed by atoms with van der Waals surface area (Å²) < 4.78 is 14.3. The summed E-state index contributed by atoms with van der Waals surface area (Å²) >= 11 is 3.37. The zero-order valence-electron chi connectivity index (χ0n) is 12.3. The molecule has 0 aromatic heterocycles. The number of hydrogen-bond acceptors (Lipinski definition) is 1. The lowest BCUT2D eigenvalue weighted by atomic mass is 9.99. The highest BCUT2D eigenvalue weighted by Gasteiger charge is 2.15. The number of halogens is 2. The third-order valence-corrected chi connectivity index (χ3v) is 4.45. The maximum Gasteiger partial charge on any atom is 0.137 e. The molecule has 0 fully saturated rings. The lowest BCUT2D eigenvalue weighted by Crippen LogP contribution is -2.21. The monoisotopic (exact) mass is 349 g/mol. The van der Waals surface area contributed by atoms with Crippen LogP contribution >= 0.6 is 15.9 Å². The highest BCUT2D eigenvalue weighted by atomic mass is 79.9. The molecule has 1 nitrogen and oxygen atoms in total. The minimum absolute atomic E-state index is 0.184. The van der Waals surface area contributed by atoms with Crippen molar-refractivity contribution in [2.45, 2.75) is 32.2 Å². The molecule has 2 rings (SSSR count). The number of hydrogen-bond donors (Lipinski definition) is 1. The fourth-order valence-corrected chi connectivity index (χ4v) is 3.10. The Morgan fingerprint density at radius 2 is 1.86 bits per heavy atom. The quantitative estimate of drug-likeness (QED) is 0.718. The van der Waals surface area contributed by atoms with Crippen LogP contribution in [0.2, 0.25) is 0 Å². The van der Waals surface area contributed by atoms with Gasteiger partial charge in [0.1, 0.15) is 5.82 Å².